The van der Waals surface area contributed by atoms with E-state index in [1.807, 2.05) is 25.1 Å². The third kappa shape index (κ3) is 4.19. The van der Waals surface area contributed by atoms with Gasteiger partial charge in [-0.15, -0.1) is 0 Å². The number of hydrogen-bond acceptors (Lipinski definition) is 5. The van der Waals surface area contributed by atoms with Gasteiger partial charge in [-0.05, 0) is 25.5 Å². The minimum Gasteiger partial charge on any atom is -0.508 e. The molecule has 2 N–H and O–H groups in total. The number of phenols is 1. The summed E-state index contributed by atoms with van der Waals surface area (Å²) in [4.78, 5) is 19.0. The Labute approximate surface area is 177 Å². The molecule has 2 aliphatic heterocycles. The molecule has 0 saturated carbocycles. The van der Waals surface area contributed by atoms with E-state index < -0.39 is 5.66 Å². The highest BCUT2D eigenvalue weighted by atomic mass is 16.6. The quantitative estimate of drug-likeness (QED) is 0.801. The van der Waals surface area contributed by atoms with E-state index in [9.17, 15) is 9.90 Å². The van der Waals surface area contributed by atoms with Gasteiger partial charge < -0.3 is 14.7 Å². The van der Waals surface area contributed by atoms with Crippen LogP contribution in [0.25, 0.3) is 0 Å². The monoisotopic (exact) mass is 407 g/mol. The molecule has 0 bridgehead atoms. The average molecular weight is 408 g/mol. The van der Waals surface area contributed by atoms with E-state index in [4.69, 9.17) is 9.73 Å². The SMILES string of the molecule is CCOC(=O)N1CCC2(CC1)N=C(c1ccc(C)cc1)CC(c1ccccc1O)N2. The summed E-state index contributed by atoms with van der Waals surface area (Å²) in [5.74, 6) is 0.291. The molecule has 2 aromatic carbocycles. The number of phenolic OH excluding ortho intramolecular Hbond substituents is 1. The number of aliphatic imine (C=N–C) groups is 1. The highest BCUT2D eigenvalue weighted by Crippen LogP contribution is 2.37. The summed E-state index contributed by atoms with van der Waals surface area (Å²) < 4.78 is 5.16. The minimum absolute atomic E-state index is 0.0471. The number of ether oxygens (including phenoxy) is 1. The van der Waals surface area contributed by atoms with Gasteiger partial charge in [-0.25, -0.2) is 4.79 Å². The van der Waals surface area contributed by atoms with Crippen molar-refractivity contribution in [2.45, 2.75) is 44.8 Å². The molecular weight excluding hydrogens is 378 g/mol. The number of carbonyl (C=O) groups is 1. The zero-order valence-corrected chi connectivity index (χ0v) is 17.6. The van der Waals surface area contributed by atoms with Crippen LogP contribution in [0.4, 0.5) is 4.79 Å². The standard InChI is InChI=1S/C24H29N3O3/c1-3-30-23(29)27-14-12-24(13-15-27)25-20(18-10-8-17(2)9-11-18)16-21(26-24)19-6-4-5-7-22(19)28/h4-11,21,26,28H,3,12-16H2,1-2H3. The van der Waals surface area contributed by atoms with Gasteiger partial charge >= 0.3 is 6.09 Å². The number of rotatable bonds is 3. The predicted octanol–water partition coefficient (Wildman–Crippen LogP) is 4.17. The second-order valence-corrected chi connectivity index (χ2v) is 8.10. The molecule has 2 heterocycles. The molecule has 4 rings (SSSR count). The molecule has 158 valence electrons. The van der Waals surface area contributed by atoms with Crippen molar-refractivity contribution in [1.82, 2.24) is 10.2 Å². The molecule has 6 heteroatoms. The normalized spacial score (nSPS) is 20.7. The van der Waals surface area contributed by atoms with Gasteiger partial charge in [0.2, 0.25) is 0 Å². The number of piperidine rings is 1. The van der Waals surface area contributed by atoms with Crippen LogP contribution in [-0.2, 0) is 4.74 Å². The summed E-state index contributed by atoms with van der Waals surface area (Å²) in [5.41, 5.74) is 3.77. The topological polar surface area (TPSA) is 74.2 Å². The summed E-state index contributed by atoms with van der Waals surface area (Å²) in [6.07, 6.45) is 1.84. The Morgan fingerprint density at radius 3 is 2.57 bits per heavy atom. The van der Waals surface area contributed by atoms with Crippen LogP contribution in [0, 0.1) is 6.92 Å². The Morgan fingerprint density at radius 1 is 1.20 bits per heavy atom. The molecule has 1 unspecified atom stereocenters. The van der Waals surface area contributed by atoms with Gasteiger partial charge in [0.25, 0.3) is 0 Å². The zero-order valence-electron chi connectivity index (χ0n) is 17.6. The van der Waals surface area contributed by atoms with Crippen molar-refractivity contribution >= 4 is 11.8 Å². The van der Waals surface area contributed by atoms with Crippen molar-refractivity contribution in [3.8, 4) is 5.75 Å². The van der Waals surface area contributed by atoms with Crippen LogP contribution in [0.5, 0.6) is 5.75 Å². The summed E-state index contributed by atoms with van der Waals surface area (Å²) in [5, 5.41) is 14.2. The van der Waals surface area contributed by atoms with E-state index in [0.717, 1.165) is 16.8 Å². The second-order valence-electron chi connectivity index (χ2n) is 8.10. The Morgan fingerprint density at radius 2 is 1.90 bits per heavy atom. The first-order valence-electron chi connectivity index (χ1n) is 10.6. The lowest BCUT2D eigenvalue weighted by Crippen LogP contribution is -2.56. The third-order valence-electron chi connectivity index (χ3n) is 6.00. The fraction of sp³-hybridized carbons (Fsp3) is 0.417. The van der Waals surface area contributed by atoms with Crippen LogP contribution < -0.4 is 5.32 Å². The van der Waals surface area contributed by atoms with E-state index in [-0.39, 0.29) is 12.1 Å². The molecule has 1 saturated heterocycles. The fourth-order valence-corrected chi connectivity index (χ4v) is 4.33. The Balaban J connectivity index is 1.64. The smallest absolute Gasteiger partial charge is 0.409 e. The number of amides is 1. The number of carbonyl (C=O) groups excluding carboxylic acids is 1. The van der Waals surface area contributed by atoms with E-state index in [1.54, 1.807) is 11.0 Å². The molecule has 1 amide bonds. The maximum absolute atomic E-state index is 12.1. The largest absolute Gasteiger partial charge is 0.508 e. The van der Waals surface area contributed by atoms with Gasteiger partial charge in [-0.3, -0.25) is 10.3 Å². The van der Waals surface area contributed by atoms with E-state index in [0.29, 0.717) is 44.7 Å². The van der Waals surface area contributed by atoms with Gasteiger partial charge in [-0.1, -0.05) is 48.0 Å². The Hall–Kier alpha value is -2.86. The molecule has 1 atom stereocenters. The van der Waals surface area contributed by atoms with E-state index in [2.05, 4.69) is 36.5 Å². The Kier molecular flexibility index (Phi) is 5.77. The summed E-state index contributed by atoms with van der Waals surface area (Å²) >= 11 is 0. The summed E-state index contributed by atoms with van der Waals surface area (Å²) in [7, 11) is 0. The number of hydrogen-bond donors (Lipinski definition) is 2. The fourth-order valence-electron chi connectivity index (χ4n) is 4.33. The number of nitrogens with one attached hydrogen (secondary N) is 1. The second kappa shape index (κ2) is 8.48. The first-order valence-corrected chi connectivity index (χ1v) is 10.6. The third-order valence-corrected chi connectivity index (χ3v) is 6.00. The molecule has 1 fully saturated rings. The van der Waals surface area contributed by atoms with Gasteiger partial charge in [-0.2, -0.15) is 0 Å². The van der Waals surface area contributed by atoms with Crippen molar-refractivity contribution in [3.63, 3.8) is 0 Å². The van der Waals surface area contributed by atoms with Crippen LogP contribution in [0.3, 0.4) is 0 Å². The van der Waals surface area contributed by atoms with Crippen molar-refractivity contribution in [3.05, 3.63) is 65.2 Å². The van der Waals surface area contributed by atoms with E-state index in [1.165, 1.54) is 5.56 Å². The molecule has 30 heavy (non-hydrogen) atoms. The number of aromatic hydroxyl groups is 1. The van der Waals surface area contributed by atoms with Crippen LogP contribution in [-0.4, -0.2) is 47.2 Å². The molecule has 0 aromatic heterocycles. The van der Waals surface area contributed by atoms with Crippen LogP contribution in [0.15, 0.2) is 53.5 Å². The summed E-state index contributed by atoms with van der Waals surface area (Å²) in [6.45, 7) is 5.45. The van der Waals surface area contributed by atoms with Crippen LogP contribution in [0.1, 0.15) is 48.9 Å². The summed E-state index contributed by atoms with van der Waals surface area (Å²) in [6, 6.07) is 15.9. The molecule has 1 spiro atoms. The number of para-hydroxylation sites is 1. The number of aryl methyl sites for hydroxylation is 1. The molecule has 0 aliphatic carbocycles. The lowest BCUT2D eigenvalue weighted by molar-refractivity contribution is 0.0778. The molecule has 6 nitrogen and oxygen atoms in total. The zero-order chi connectivity index (χ0) is 21.1. The van der Waals surface area contributed by atoms with Crippen molar-refractivity contribution in [1.29, 1.82) is 0 Å². The average Bonchev–Trinajstić information content (AvgIpc) is 2.75. The van der Waals surface area contributed by atoms with Gasteiger partial charge in [0.15, 0.2) is 0 Å². The molecule has 0 radical (unpaired) electrons. The number of nitrogens with zero attached hydrogens (tertiary/aromatic N) is 2. The van der Waals surface area contributed by atoms with Gasteiger partial charge in [0, 0.05) is 49.7 Å². The van der Waals surface area contributed by atoms with Gasteiger partial charge in [0.05, 0.1) is 6.61 Å². The van der Waals surface area contributed by atoms with Crippen molar-refractivity contribution < 1.29 is 14.6 Å². The number of likely N-dealkylation sites (tertiary alicyclic amines) is 1. The minimum atomic E-state index is -0.464. The van der Waals surface area contributed by atoms with Crippen molar-refractivity contribution in [2.24, 2.45) is 4.99 Å². The first kappa shape index (κ1) is 20.4. The lowest BCUT2D eigenvalue weighted by atomic mass is 9.87. The Bertz CT molecular complexity index is 931. The molecular formula is C24H29N3O3. The predicted molar refractivity (Wildman–Crippen MR) is 117 cm³/mol. The first-order chi connectivity index (χ1) is 14.5. The number of benzene rings is 2. The van der Waals surface area contributed by atoms with Crippen molar-refractivity contribution in [2.75, 3.05) is 19.7 Å². The van der Waals surface area contributed by atoms with Crippen LogP contribution >= 0.6 is 0 Å². The molecule has 2 aromatic rings. The molecule has 2 aliphatic rings. The maximum Gasteiger partial charge on any atom is 0.409 e. The highest BCUT2D eigenvalue weighted by Gasteiger charge is 2.41. The lowest BCUT2D eigenvalue weighted by Gasteiger charge is -2.45. The maximum atomic E-state index is 12.1. The van der Waals surface area contributed by atoms with Gasteiger partial charge in [0.1, 0.15) is 11.4 Å². The highest BCUT2D eigenvalue weighted by molar-refractivity contribution is 6.01. The van der Waals surface area contributed by atoms with E-state index >= 15 is 0 Å². The van der Waals surface area contributed by atoms with Crippen LogP contribution in [0.2, 0.25) is 0 Å².